The van der Waals surface area contributed by atoms with E-state index in [1.54, 1.807) is 0 Å². The lowest BCUT2D eigenvalue weighted by Gasteiger charge is -2.61. The minimum atomic E-state index is -0.0474. The largest absolute Gasteiger partial charge is 0.466 e. The second-order valence-electron chi connectivity index (χ2n) is 12.4. The predicted molar refractivity (Wildman–Crippen MR) is 125 cm³/mol. The molecule has 0 aromatic heterocycles. The van der Waals surface area contributed by atoms with Crippen LogP contribution in [0.3, 0.4) is 0 Å². The van der Waals surface area contributed by atoms with E-state index in [9.17, 15) is 9.90 Å². The Bertz CT molecular complexity index is 632. The van der Waals surface area contributed by atoms with Crippen LogP contribution in [0, 0.1) is 46.3 Å². The Morgan fingerprint density at radius 2 is 1.77 bits per heavy atom. The molecule has 31 heavy (non-hydrogen) atoms. The first-order valence-corrected chi connectivity index (χ1v) is 13.6. The van der Waals surface area contributed by atoms with E-state index in [0.717, 1.165) is 61.7 Å². The molecule has 178 valence electrons. The van der Waals surface area contributed by atoms with Crippen LogP contribution in [0.4, 0.5) is 0 Å². The fourth-order valence-corrected chi connectivity index (χ4v) is 9.16. The van der Waals surface area contributed by atoms with E-state index < -0.39 is 0 Å². The Morgan fingerprint density at radius 1 is 1.03 bits per heavy atom. The van der Waals surface area contributed by atoms with Crippen LogP contribution in [0.15, 0.2) is 0 Å². The molecule has 4 aliphatic rings. The highest BCUT2D eigenvalue weighted by atomic mass is 16.5. The Kier molecular flexibility index (Phi) is 7.12. The van der Waals surface area contributed by atoms with Crippen LogP contribution in [-0.2, 0) is 9.53 Å². The van der Waals surface area contributed by atoms with Gasteiger partial charge in [0.1, 0.15) is 0 Å². The molecule has 0 bridgehead atoms. The SMILES string of the molecule is CCCCOC(=O)CC[C@@H](C)[C@H]1CC[C@H]2[C@@H]3CC[C@@H]4C[C@H](O)CC[C@]4(C)[C@H]3CC[C@]12C. The van der Waals surface area contributed by atoms with Crippen LogP contribution in [-0.4, -0.2) is 23.8 Å². The number of unbranched alkanes of at least 4 members (excludes halogenated alkanes) is 1. The Labute approximate surface area is 191 Å². The number of esters is 1. The fraction of sp³-hybridized carbons (Fsp3) is 0.964. The maximum absolute atomic E-state index is 12.1. The van der Waals surface area contributed by atoms with Gasteiger partial charge in [-0.25, -0.2) is 0 Å². The monoisotopic (exact) mass is 432 g/mol. The van der Waals surface area contributed by atoms with Crippen molar-refractivity contribution in [2.24, 2.45) is 46.3 Å². The number of hydrogen-bond donors (Lipinski definition) is 1. The van der Waals surface area contributed by atoms with Gasteiger partial charge in [-0.05, 0) is 117 Å². The summed E-state index contributed by atoms with van der Waals surface area (Å²) in [6.45, 7) is 10.3. The van der Waals surface area contributed by atoms with Crippen molar-refractivity contribution in [1.29, 1.82) is 0 Å². The van der Waals surface area contributed by atoms with Gasteiger partial charge in [-0.3, -0.25) is 4.79 Å². The van der Waals surface area contributed by atoms with Crippen LogP contribution < -0.4 is 0 Å². The van der Waals surface area contributed by atoms with Gasteiger partial charge in [0, 0.05) is 6.42 Å². The summed E-state index contributed by atoms with van der Waals surface area (Å²) < 4.78 is 5.41. The number of carbonyl (C=O) groups is 1. The van der Waals surface area contributed by atoms with Gasteiger partial charge >= 0.3 is 5.97 Å². The molecule has 4 fully saturated rings. The molecule has 9 atom stereocenters. The summed E-state index contributed by atoms with van der Waals surface area (Å²) in [5, 5.41) is 10.3. The van der Waals surface area contributed by atoms with Crippen LogP contribution in [0.1, 0.15) is 111 Å². The molecule has 0 saturated heterocycles. The fourth-order valence-electron chi connectivity index (χ4n) is 9.16. The predicted octanol–water partition coefficient (Wildman–Crippen LogP) is 6.77. The Balaban J connectivity index is 1.38. The normalized spacial score (nSPS) is 45.3. The summed E-state index contributed by atoms with van der Waals surface area (Å²) in [6, 6.07) is 0. The molecular formula is C28H48O3. The van der Waals surface area contributed by atoms with Gasteiger partial charge in [-0.1, -0.05) is 34.1 Å². The molecule has 3 nitrogen and oxygen atoms in total. The number of ether oxygens (including phenoxy) is 1. The van der Waals surface area contributed by atoms with Crippen molar-refractivity contribution in [2.75, 3.05) is 6.61 Å². The quantitative estimate of drug-likeness (QED) is 0.357. The number of rotatable bonds is 7. The number of carbonyl (C=O) groups excluding carboxylic acids is 1. The van der Waals surface area contributed by atoms with Crippen molar-refractivity contribution in [2.45, 2.75) is 117 Å². The molecule has 0 spiro atoms. The van der Waals surface area contributed by atoms with Gasteiger partial charge < -0.3 is 9.84 Å². The van der Waals surface area contributed by atoms with Crippen molar-refractivity contribution in [3.8, 4) is 0 Å². The van der Waals surface area contributed by atoms with E-state index in [2.05, 4.69) is 27.7 Å². The standard InChI is InChI=1S/C28H48O3/c1-5-6-17-31-26(30)12-7-19(2)23-10-11-24-22-9-8-20-18-21(29)13-15-27(20,3)25(22)14-16-28(23,24)4/h19-25,29H,5-18H2,1-4H3/t19-,20-,21-,22+,23-,24+,25+,27+,28-/m1/s1. The van der Waals surface area contributed by atoms with E-state index in [1.807, 2.05) is 0 Å². The van der Waals surface area contributed by atoms with E-state index >= 15 is 0 Å². The van der Waals surface area contributed by atoms with E-state index in [1.165, 1.54) is 44.9 Å². The molecule has 4 saturated carbocycles. The molecule has 0 aromatic carbocycles. The maximum atomic E-state index is 12.1. The zero-order valence-electron chi connectivity index (χ0n) is 20.7. The zero-order chi connectivity index (χ0) is 22.2. The first-order valence-electron chi connectivity index (χ1n) is 13.6. The lowest BCUT2D eigenvalue weighted by molar-refractivity contribution is -0.144. The van der Waals surface area contributed by atoms with Crippen LogP contribution in [0.5, 0.6) is 0 Å². The number of aliphatic hydroxyl groups excluding tert-OH is 1. The molecule has 0 unspecified atom stereocenters. The summed E-state index contributed by atoms with van der Waals surface area (Å²) >= 11 is 0. The number of fused-ring (bicyclic) bond motifs is 5. The molecule has 0 radical (unpaired) electrons. The second kappa shape index (κ2) is 9.35. The van der Waals surface area contributed by atoms with Crippen LogP contribution >= 0.6 is 0 Å². The third kappa shape index (κ3) is 4.34. The Morgan fingerprint density at radius 3 is 2.55 bits per heavy atom. The van der Waals surface area contributed by atoms with E-state index in [4.69, 9.17) is 4.74 Å². The smallest absolute Gasteiger partial charge is 0.305 e. The lowest BCUT2D eigenvalue weighted by atomic mass is 9.44. The minimum Gasteiger partial charge on any atom is -0.466 e. The zero-order valence-corrected chi connectivity index (χ0v) is 20.7. The van der Waals surface area contributed by atoms with Crippen molar-refractivity contribution < 1.29 is 14.6 Å². The minimum absolute atomic E-state index is 0.00874. The van der Waals surface area contributed by atoms with E-state index in [-0.39, 0.29) is 12.1 Å². The second-order valence-corrected chi connectivity index (χ2v) is 12.4. The average Bonchev–Trinajstić information content (AvgIpc) is 3.10. The number of aliphatic hydroxyl groups is 1. The molecule has 4 aliphatic carbocycles. The summed E-state index contributed by atoms with van der Waals surface area (Å²) in [6.07, 6.45) is 15.2. The van der Waals surface area contributed by atoms with Gasteiger partial charge in [0.15, 0.2) is 0 Å². The van der Waals surface area contributed by atoms with Crippen molar-refractivity contribution in [3.63, 3.8) is 0 Å². The van der Waals surface area contributed by atoms with Crippen LogP contribution in [0.25, 0.3) is 0 Å². The molecule has 3 heteroatoms. The third-order valence-corrected chi connectivity index (χ3v) is 11.0. The molecule has 4 rings (SSSR count). The van der Waals surface area contributed by atoms with Gasteiger partial charge in [-0.2, -0.15) is 0 Å². The average molecular weight is 433 g/mol. The molecule has 0 amide bonds. The molecule has 0 heterocycles. The topological polar surface area (TPSA) is 46.5 Å². The summed E-state index contributed by atoms with van der Waals surface area (Å²) in [7, 11) is 0. The van der Waals surface area contributed by atoms with Gasteiger partial charge in [-0.15, -0.1) is 0 Å². The Hall–Kier alpha value is -0.570. The first-order chi connectivity index (χ1) is 14.8. The summed E-state index contributed by atoms with van der Waals surface area (Å²) in [5.41, 5.74) is 0.930. The van der Waals surface area contributed by atoms with Gasteiger partial charge in [0.2, 0.25) is 0 Å². The molecular weight excluding hydrogens is 384 g/mol. The number of hydrogen-bond acceptors (Lipinski definition) is 3. The van der Waals surface area contributed by atoms with Crippen molar-refractivity contribution in [1.82, 2.24) is 0 Å². The first kappa shape index (κ1) is 23.6. The maximum Gasteiger partial charge on any atom is 0.305 e. The highest BCUT2D eigenvalue weighted by Gasteiger charge is 2.60. The highest BCUT2D eigenvalue weighted by molar-refractivity contribution is 5.69. The molecule has 1 N–H and O–H groups in total. The molecule has 0 aliphatic heterocycles. The van der Waals surface area contributed by atoms with Crippen molar-refractivity contribution in [3.05, 3.63) is 0 Å². The molecule has 0 aromatic rings. The summed E-state index contributed by atoms with van der Waals surface area (Å²) in [5.74, 6) is 4.78. The highest BCUT2D eigenvalue weighted by Crippen LogP contribution is 2.68. The van der Waals surface area contributed by atoms with Crippen LogP contribution in [0.2, 0.25) is 0 Å². The van der Waals surface area contributed by atoms with Gasteiger partial charge in [0.25, 0.3) is 0 Å². The third-order valence-electron chi connectivity index (χ3n) is 11.0. The summed E-state index contributed by atoms with van der Waals surface area (Å²) in [4.78, 5) is 12.1. The van der Waals surface area contributed by atoms with E-state index in [0.29, 0.717) is 29.8 Å². The van der Waals surface area contributed by atoms with Crippen molar-refractivity contribution >= 4 is 5.97 Å². The lowest BCUT2D eigenvalue weighted by Crippen LogP contribution is -2.54. The van der Waals surface area contributed by atoms with Gasteiger partial charge in [0.05, 0.1) is 12.7 Å².